The quantitative estimate of drug-likeness (QED) is 0.713. The summed E-state index contributed by atoms with van der Waals surface area (Å²) in [6.07, 6.45) is 1.82. The van der Waals surface area contributed by atoms with Crippen LogP contribution in [0.3, 0.4) is 0 Å². The van der Waals surface area contributed by atoms with Gasteiger partial charge in [-0.15, -0.1) is 5.10 Å². The molecule has 1 heterocycles. The van der Waals surface area contributed by atoms with Crippen LogP contribution in [0, 0.1) is 0 Å². The molecule has 0 unspecified atom stereocenters. The van der Waals surface area contributed by atoms with Crippen molar-refractivity contribution in [2.75, 3.05) is 6.54 Å². The van der Waals surface area contributed by atoms with Crippen LogP contribution >= 0.6 is 0 Å². The van der Waals surface area contributed by atoms with Gasteiger partial charge >= 0.3 is 0 Å². The lowest BCUT2D eigenvalue weighted by molar-refractivity contribution is -0.119. The molecule has 84 valence electrons. The third-order valence-electron chi connectivity index (χ3n) is 1.88. The number of nitrogens with zero attached hydrogens (tertiary/aromatic N) is 3. The number of aromatic nitrogens is 3. The molecule has 1 aromatic rings. The van der Waals surface area contributed by atoms with Gasteiger partial charge in [0.25, 0.3) is 0 Å². The molecule has 0 aliphatic rings. The Kier molecular flexibility index (Phi) is 3.41. The molecule has 15 heavy (non-hydrogen) atoms. The maximum Gasteiger partial charge on any atom is 0.234 e. The van der Waals surface area contributed by atoms with Gasteiger partial charge in [0.2, 0.25) is 5.91 Å². The highest BCUT2D eigenvalue weighted by molar-refractivity contribution is 5.77. The summed E-state index contributed by atoms with van der Waals surface area (Å²) >= 11 is 0. The fraction of sp³-hybridized carbons (Fsp3) is 0.667. The Hall–Kier alpha value is -1.43. The van der Waals surface area contributed by atoms with E-state index < -0.39 is 0 Å². The first-order valence-electron chi connectivity index (χ1n) is 4.82. The Bertz CT molecular complexity index is 339. The summed E-state index contributed by atoms with van der Waals surface area (Å²) < 4.78 is 1.76. The molecular formula is C9H17N5O. The van der Waals surface area contributed by atoms with Crippen molar-refractivity contribution < 1.29 is 4.79 Å². The van der Waals surface area contributed by atoms with Crippen LogP contribution in [0.25, 0.3) is 0 Å². The molecular weight excluding hydrogens is 194 g/mol. The normalized spacial score (nSPS) is 11.5. The molecule has 0 radical (unpaired) electrons. The van der Waals surface area contributed by atoms with Crippen molar-refractivity contribution in [3.8, 4) is 0 Å². The minimum atomic E-state index is -0.194. The van der Waals surface area contributed by atoms with Crippen molar-refractivity contribution in [1.29, 1.82) is 0 Å². The van der Waals surface area contributed by atoms with Crippen molar-refractivity contribution in [1.82, 2.24) is 20.3 Å². The monoisotopic (exact) mass is 211 g/mol. The minimum Gasteiger partial charge on any atom is -0.349 e. The molecule has 6 nitrogen and oxygen atoms in total. The maximum absolute atomic E-state index is 10.9. The zero-order valence-corrected chi connectivity index (χ0v) is 9.32. The van der Waals surface area contributed by atoms with Gasteiger partial charge in [-0.25, -0.2) is 4.68 Å². The molecule has 6 heteroatoms. The SMILES string of the molecule is CC(C)(C)n1cc(CNC(=O)CN)nn1. The van der Waals surface area contributed by atoms with Crippen molar-refractivity contribution in [2.24, 2.45) is 5.73 Å². The van der Waals surface area contributed by atoms with Gasteiger partial charge in [-0.1, -0.05) is 5.21 Å². The van der Waals surface area contributed by atoms with E-state index in [4.69, 9.17) is 5.73 Å². The topological polar surface area (TPSA) is 85.8 Å². The predicted octanol–water partition coefficient (Wildman–Crippen LogP) is -0.392. The predicted molar refractivity (Wildman–Crippen MR) is 55.9 cm³/mol. The van der Waals surface area contributed by atoms with Crippen LogP contribution in [0.2, 0.25) is 0 Å². The van der Waals surface area contributed by atoms with Crippen LogP contribution in [-0.4, -0.2) is 27.4 Å². The zero-order chi connectivity index (χ0) is 11.5. The first-order valence-corrected chi connectivity index (χ1v) is 4.82. The van der Waals surface area contributed by atoms with Gasteiger partial charge in [-0.3, -0.25) is 4.79 Å². The molecule has 1 aromatic heterocycles. The Labute approximate surface area is 88.8 Å². The fourth-order valence-electron chi connectivity index (χ4n) is 0.969. The summed E-state index contributed by atoms with van der Waals surface area (Å²) in [6, 6.07) is 0. The maximum atomic E-state index is 10.9. The van der Waals surface area contributed by atoms with Crippen LogP contribution in [0.4, 0.5) is 0 Å². The largest absolute Gasteiger partial charge is 0.349 e. The summed E-state index contributed by atoms with van der Waals surface area (Å²) in [7, 11) is 0. The highest BCUT2D eigenvalue weighted by Gasteiger charge is 2.14. The molecule has 0 aliphatic heterocycles. The van der Waals surface area contributed by atoms with Crippen LogP contribution in [0.1, 0.15) is 26.5 Å². The third kappa shape index (κ3) is 3.32. The van der Waals surface area contributed by atoms with E-state index in [1.165, 1.54) is 0 Å². The van der Waals surface area contributed by atoms with E-state index >= 15 is 0 Å². The standard InChI is InChI=1S/C9H17N5O/c1-9(2,3)14-6-7(12-13-14)5-11-8(15)4-10/h6H,4-5,10H2,1-3H3,(H,11,15). The molecule has 0 saturated carbocycles. The average Bonchev–Trinajstić information content (AvgIpc) is 2.61. The third-order valence-corrected chi connectivity index (χ3v) is 1.88. The van der Waals surface area contributed by atoms with Gasteiger partial charge < -0.3 is 11.1 Å². The van der Waals surface area contributed by atoms with E-state index in [2.05, 4.69) is 15.6 Å². The van der Waals surface area contributed by atoms with Gasteiger partial charge in [0.15, 0.2) is 0 Å². The number of nitrogens with two attached hydrogens (primary N) is 1. The van der Waals surface area contributed by atoms with Gasteiger partial charge in [0, 0.05) is 0 Å². The molecule has 0 atom stereocenters. The Morgan fingerprint density at radius 3 is 2.73 bits per heavy atom. The average molecular weight is 211 g/mol. The van der Waals surface area contributed by atoms with Gasteiger partial charge in [-0.05, 0) is 20.8 Å². The first-order chi connectivity index (χ1) is 6.93. The molecule has 1 amide bonds. The molecule has 1 rings (SSSR count). The number of hydrogen-bond donors (Lipinski definition) is 2. The number of hydrogen-bond acceptors (Lipinski definition) is 4. The van der Waals surface area contributed by atoms with Crippen LogP contribution in [-0.2, 0) is 16.9 Å². The molecule has 0 bridgehead atoms. The number of carbonyl (C=O) groups excluding carboxylic acids is 1. The Morgan fingerprint density at radius 2 is 2.27 bits per heavy atom. The minimum absolute atomic E-state index is 0.00654. The summed E-state index contributed by atoms with van der Waals surface area (Å²) in [5.74, 6) is -0.194. The zero-order valence-electron chi connectivity index (χ0n) is 9.32. The summed E-state index contributed by atoms with van der Waals surface area (Å²) in [5, 5.41) is 10.6. The summed E-state index contributed by atoms with van der Waals surface area (Å²) in [5.41, 5.74) is 5.79. The summed E-state index contributed by atoms with van der Waals surface area (Å²) in [6.45, 7) is 6.46. The number of nitrogens with one attached hydrogen (secondary N) is 1. The summed E-state index contributed by atoms with van der Waals surface area (Å²) in [4.78, 5) is 10.9. The van der Waals surface area contributed by atoms with Crippen LogP contribution in [0.15, 0.2) is 6.20 Å². The van der Waals surface area contributed by atoms with Crippen molar-refractivity contribution in [3.05, 3.63) is 11.9 Å². The second-order valence-electron chi connectivity index (χ2n) is 4.31. The van der Waals surface area contributed by atoms with E-state index in [1.54, 1.807) is 4.68 Å². The molecule has 3 N–H and O–H groups in total. The molecule has 0 spiro atoms. The van der Waals surface area contributed by atoms with E-state index in [0.717, 1.165) is 5.69 Å². The highest BCUT2D eigenvalue weighted by Crippen LogP contribution is 2.11. The van der Waals surface area contributed by atoms with Gasteiger partial charge in [0.05, 0.1) is 24.8 Å². The van der Waals surface area contributed by atoms with E-state index in [9.17, 15) is 4.79 Å². The lowest BCUT2D eigenvalue weighted by atomic mass is 10.1. The van der Waals surface area contributed by atoms with Crippen LogP contribution in [0.5, 0.6) is 0 Å². The van der Waals surface area contributed by atoms with Crippen molar-refractivity contribution >= 4 is 5.91 Å². The lowest BCUT2D eigenvalue weighted by Gasteiger charge is -2.17. The van der Waals surface area contributed by atoms with Crippen LogP contribution < -0.4 is 11.1 Å². The Morgan fingerprint density at radius 1 is 1.60 bits per heavy atom. The van der Waals surface area contributed by atoms with E-state index in [0.29, 0.717) is 6.54 Å². The molecule has 0 saturated heterocycles. The molecule has 0 fully saturated rings. The van der Waals surface area contributed by atoms with Gasteiger partial charge in [-0.2, -0.15) is 0 Å². The van der Waals surface area contributed by atoms with E-state index in [-0.39, 0.29) is 18.0 Å². The Balaban J connectivity index is 2.58. The van der Waals surface area contributed by atoms with Crippen molar-refractivity contribution in [3.63, 3.8) is 0 Å². The number of rotatable bonds is 3. The number of amides is 1. The smallest absolute Gasteiger partial charge is 0.234 e. The number of carbonyl (C=O) groups is 1. The fourth-order valence-corrected chi connectivity index (χ4v) is 0.969. The second kappa shape index (κ2) is 4.39. The first kappa shape index (κ1) is 11.6. The van der Waals surface area contributed by atoms with Gasteiger partial charge in [0.1, 0.15) is 5.69 Å². The van der Waals surface area contributed by atoms with Crippen molar-refractivity contribution in [2.45, 2.75) is 32.9 Å². The highest BCUT2D eigenvalue weighted by atomic mass is 16.1. The second-order valence-corrected chi connectivity index (χ2v) is 4.31. The lowest BCUT2D eigenvalue weighted by Crippen LogP contribution is -2.29. The van der Waals surface area contributed by atoms with E-state index in [1.807, 2.05) is 27.0 Å². The molecule has 0 aliphatic carbocycles. The molecule has 0 aromatic carbocycles.